The molecule has 2 heterocycles. The van der Waals surface area contributed by atoms with Crippen molar-refractivity contribution in [1.29, 1.82) is 0 Å². The zero-order valence-corrected chi connectivity index (χ0v) is 22.7. The maximum atomic E-state index is 14.1. The molecule has 0 bridgehead atoms. The van der Waals surface area contributed by atoms with Crippen LogP contribution in [0.25, 0.3) is 11.3 Å². The zero-order chi connectivity index (χ0) is 25.4. The van der Waals surface area contributed by atoms with Crippen LogP contribution >= 0.6 is 34.4 Å². The molecule has 1 aliphatic rings. The first-order chi connectivity index (χ1) is 17.5. The molecule has 36 heavy (non-hydrogen) atoms. The van der Waals surface area contributed by atoms with E-state index in [-0.39, 0.29) is 11.5 Å². The molecule has 0 unspecified atom stereocenters. The van der Waals surface area contributed by atoms with Gasteiger partial charge in [0.25, 0.3) is 12.1 Å². The molecule has 0 aliphatic carbocycles. The Bertz CT molecular complexity index is 1530. The summed E-state index contributed by atoms with van der Waals surface area (Å²) in [5, 5.41) is 5.20. The van der Waals surface area contributed by atoms with Crippen molar-refractivity contribution >= 4 is 45.9 Å². The van der Waals surface area contributed by atoms with Gasteiger partial charge in [-0.25, -0.2) is 4.90 Å². The number of carbonyl (C=O) groups is 1. The molecule has 10 heteroatoms. The van der Waals surface area contributed by atoms with E-state index in [9.17, 15) is 9.59 Å². The molecular weight excluding hydrogens is 591 g/mol. The van der Waals surface area contributed by atoms with Crippen LogP contribution in [0.2, 0.25) is 0 Å². The second-order valence-electron chi connectivity index (χ2n) is 7.93. The molecule has 0 saturated carbocycles. The minimum absolute atomic E-state index is 0.219. The van der Waals surface area contributed by atoms with Gasteiger partial charge in [0, 0.05) is 10.7 Å². The molecule has 1 amide bonds. The van der Waals surface area contributed by atoms with Gasteiger partial charge in [-0.05, 0) is 69.9 Å². The van der Waals surface area contributed by atoms with E-state index in [0.717, 1.165) is 3.57 Å². The summed E-state index contributed by atoms with van der Waals surface area (Å²) in [6, 6.07) is 20.2. The minimum Gasteiger partial charge on any atom is -0.493 e. The number of carbonyl (C=O) groups excluding carboxylic acids is 1. The van der Waals surface area contributed by atoms with Gasteiger partial charge in [0.05, 0.1) is 34.6 Å². The van der Waals surface area contributed by atoms with Crippen molar-refractivity contribution in [3.63, 3.8) is 0 Å². The third-order valence-corrected chi connectivity index (χ3v) is 7.32. The van der Waals surface area contributed by atoms with Crippen LogP contribution in [0.5, 0.6) is 11.5 Å². The molecule has 1 aromatic heterocycles. The first-order valence-electron chi connectivity index (χ1n) is 11.0. The Labute approximate surface area is 225 Å². The van der Waals surface area contributed by atoms with E-state index < -0.39 is 6.17 Å². The summed E-state index contributed by atoms with van der Waals surface area (Å²) in [7, 11) is 3.15. The fourth-order valence-corrected chi connectivity index (χ4v) is 5.60. The quantitative estimate of drug-likeness (QED) is 0.206. The summed E-state index contributed by atoms with van der Waals surface area (Å²) >= 11 is 3.50. The molecule has 3 aromatic carbocycles. The van der Waals surface area contributed by atoms with Crippen LogP contribution in [-0.2, 0) is 0 Å². The minimum atomic E-state index is -0.760. The fourth-order valence-electron chi connectivity index (χ4n) is 4.39. The Balaban J connectivity index is 1.86. The molecule has 0 radical (unpaired) electrons. The predicted molar refractivity (Wildman–Crippen MR) is 146 cm³/mol. The predicted octanol–water partition coefficient (Wildman–Crippen LogP) is 4.28. The summed E-state index contributed by atoms with van der Waals surface area (Å²) in [5.74, 6) is 0.888. The Hall–Kier alpha value is -3.38. The van der Waals surface area contributed by atoms with E-state index >= 15 is 0 Å². The number of H-pyrrole nitrogens is 1. The van der Waals surface area contributed by atoms with Gasteiger partial charge in [-0.3, -0.25) is 14.6 Å². The summed E-state index contributed by atoms with van der Waals surface area (Å²) in [6.45, 7) is 0. The van der Waals surface area contributed by atoms with E-state index in [2.05, 4.69) is 27.6 Å². The number of hydrogen-bond donors (Lipinski definition) is 1. The number of anilines is 1. The number of ether oxygens (including phenoxy) is 2. The van der Waals surface area contributed by atoms with Crippen molar-refractivity contribution < 1.29 is 19.0 Å². The van der Waals surface area contributed by atoms with Gasteiger partial charge in [-0.15, -0.1) is 0 Å². The van der Waals surface area contributed by atoms with Crippen molar-refractivity contribution in [2.75, 3.05) is 25.4 Å². The van der Waals surface area contributed by atoms with E-state index in [1.807, 2.05) is 60.9 Å². The monoisotopic (exact) mass is 613 g/mol. The zero-order valence-electron chi connectivity index (χ0n) is 19.7. The normalized spacial score (nSPS) is 14.1. The van der Waals surface area contributed by atoms with Gasteiger partial charge in [0.2, 0.25) is 5.16 Å². The van der Waals surface area contributed by atoms with Crippen LogP contribution in [-0.4, -0.2) is 36.5 Å². The van der Waals surface area contributed by atoms with E-state index in [0.29, 0.717) is 44.7 Å². The number of amides is 1. The van der Waals surface area contributed by atoms with Crippen molar-refractivity contribution in [1.82, 2.24) is 10.1 Å². The number of methoxy groups -OCH3 is 2. The number of halogens is 1. The highest BCUT2D eigenvalue weighted by Gasteiger charge is 2.46. The van der Waals surface area contributed by atoms with Crippen LogP contribution in [0.1, 0.15) is 22.1 Å². The number of thioether (sulfide) groups is 1. The van der Waals surface area contributed by atoms with Gasteiger partial charge >= 0.3 is 11.3 Å². The van der Waals surface area contributed by atoms with Crippen molar-refractivity contribution in [2.45, 2.75) is 11.3 Å². The number of rotatable bonds is 5. The van der Waals surface area contributed by atoms with E-state index in [1.54, 1.807) is 35.9 Å². The highest BCUT2D eigenvalue weighted by atomic mass is 127. The summed E-state index contributed by atoms with van der Waals surface area (Å²) in [4.78, 5) is 32.0. The lowest BCUT2D eigenvalue weighted by Gasteiger charge is -2.32. The molecule has 1 aliphatic heterocycles. The lowest BCUT2D eigenvalue weighted by Crippen LogP contribution is -2.61. The van der Waals surface area contributed by atoms with Crippen molar-refractivity contribution in [2.24, 2.45) is 0 Å². The lowest BCUT2D eigenvalue weighted by atomic mass is 10.00. The van der Waals surface area contributed by atoms with Gasteiger partial charge in [0.1, 0.15) is 0 Å². The second kappa shape index (κ2) is 9.94. The molecule has 0 fully saturated rings. The molecule has 0 spiro atoms. The molecule has 8 nitrogen and oxygen atoms in total. The van der Waals surface area contributed by atoms with Crippen LogP contribution < -0.4 is 24.6 Å². The molecule has 1 N–H and O–H groups in total. The number of aromatic amines is 1. The number of fused-ring (bicyclic) bond motifs is 3. The van der Waals surface area contributed by atoms with E-state index in [4.69, 9.17) is 14.6 Å². The summed E-state index contributed by atoms with van der Waals surface area (Å²) in [5.41, 5.74) is 2.56. The Kier molecular flexibility index (Phi) is 6.71. The third-order valence-electron chi connectivity index (χ3n) is 5.95. The standard InChI is InChI=1S/C26H21IN4O4S/c1-34-20-14-16(13-18(27)22(20)35-2)24-30(25(33)15-9-5-4-6-10-15)19-12-8-7-11-17(19)21-23(32)28-26(36-3)29-31(21)24/h4-14,24H,1-3H3/p+1/t24-/m1/s1. The molecule has 5 rings (SSSR count). The smallest absolute Gasteiger partial charge is 0.325 e. The van der Waals surface area contributed by atoms with Gasteiger partial charge < -0.3 is 9.47 Å². The van der Waals surface area contributed by atoms with Gasteiger partial charge in [0.15, 0.2) is 11.5 Å². The summed E-state index contributed by atoms with van der Waals surface area (Å²) in [6.07, 6.45) is 1.08. The van der Waals surface area contributed by atoms with Crippen LogP contribution in [0.15, 0.2) is 76.7 Å². The van der Waals surface area contributed by atoms with Crippen LogP contribution in [0.3, 0.4) is 0 Å². The molecule has 0 saturated heterocycles. The Morgan fingerprint density at radius 1 is 1.08 bits per heavy atom. The number of benzene rings is 3. The average molecular weight is 613 g/mol. The number of aromatic nitrogens is 3. The highest BCUT2D eigenvalue weighted by molar-refractivity contribution is 14.1. The Morgan fingerprint density at radius 3 is 2.50 bits per heavy atom. The molecule has 4 aromatic rings. The van der Waals surface area contributed by atoms with Crippen LogP contribution in [0.4, 0.5) is 5.69 Å². The highest BCUT2D eigenvalue weighted by Crippen LogP contribution is 2.41. The molecule has 1 atom stereocenters. The van der Waals surface area contributed by atoms with E-state index in [1.165, 1.54) is 11.8 Å². The number of nitrogens with one attached hydrogen (secondary N) is 1. The number of nitrogens with zero attached hydrogens (tertiary/aromatic N) is 3. The van der Waals surface area contributed by atoms with Crippen molar-refractivity contribution in [3.05, 3.63) is 91.8 Å². The largest absolute Gasteiger partial charge is 0.493 e. The third kappa shape index (κ3) is 4.03. The average Bonchev–Trinajstić information content (AvgIpc) is 2.91. The van der Waals surface area contributed by atoms with Crippen LogP contribution in [0, 0.1) is 3.57 Å². The first kappa shape index (κ1) is 24.3. The Morgan fingerprint density at radius 2 is 1.81 bits per heavy atom. The lowest BCUT2D eigenvalue weighted by molar-refractivity contribution is -0.763. The van der Waals surface area contributed by atoms with Crippen molar-refractivity contribution in [3.8, 4) is 22.8 Å². The maximum Gasteiger partial charge on any atom is 0.325 e. The van der Waals surface area contributed by atoms with Gasteiger partial charge in [-0.1, -0.05) is 42.1 Å². The fraction of sp³-hybridized carbons (Fsp3) is 0.154. The molecule has 182 valence electrons. The second-order valence-corrected chi connectivity index (χ2v) is 9.88. The first-order valence-corrected chi connectivity index (χ1v) is 13.3. The topological polar surface area (TPSA) is 88.4 Å². The number of hydrogen-bond acceptors (Lipinski definition) is 6. The van der Waals surface area contributed by atoms with Gasteiger partial charge in [-0.2, -0.15) is 0 Å². The maximum absolute atomic E-state index is 14.1. The number of para-hydroxylation sites is 1. The SMILES string of the molecule is COc1cc([C@@H]2N(C(=O)c3ccccc3)c3ccccc3-c3c(=O)[nH]c(SC)n[n+]32)cc(I)c1OC. The summed E-state index contributed by atoms with van der Waals surface area (Å²) < 4.78 is 13.6. The molecular formula is C26H22IN4O4S+.